The molecule has 3 rings (SSSR count). The summed E-state index contributed by atoms with van der Waals surface area (Å²) in [5, 5.41) is 0.183. The van der Waals surface area contributed by atoms with E-state index in [0.29, 0.717) is 6.07 Å². The van der Waals surface area contributed by atoms with Crippen LogP contribution in [0.25, 0.3) is 0 Å². The van der Waals surface area contributed by atoms with Crippen LogP contribution in [0, 0.1) is 11.6 Å². The van der Waals surface area contributed by atoms with Gasteiger partial charge in [-0.3, -0.25) is 4.72 Å². The predicted molar refractivity (Wildman–Crippen MR) is 79.0 cm³/mol. The summed E-state index contributed by atoms with van der Waals surface area (Å²) < 4.78 is 53.6. The van der Waals surface area contributed by atoms with Crippen LogP contribution >= 0.6 is 27.3 Å². The monoisotopic (exact) mass is 394 g/mol. The average Bonchev–Trinajstić information content (AvgIpc) is 2.93. The minimum Gasteiger partial charge on any atom is -0.255 e. The molecule has 1 aromatic heterocycles. The summed E-state index contributed by atoms with van der Waals surface area (Å²) in [7, 11) is -4.21. The molecule has 112 valence electrons. The van der Waals surface area contributed by atoms with E-state index in [0.717, 1.165) is 35.9 Å². The van der Waals surface area contributed by atoms with Crippen molar-refractivity contribution in [1.29, 1.82) is 0 Å². The van der Waals surface area contributed by atoms with E-state index in [4.69, 9.17) is 0 Å². The third-order valence-electron chi connectivity index (χ3n) is 3.08. The number of nitrogens with zero attached hydrogens (tertiary/aromatic N) is 1. The average molecular weight is 395 g/mol. The Hall–Kier alpha value is -1.06. The van der Waals surface area contributed by atoms with E-state index in [-0.39, 0.29) is 9.60 Å². The molecule has 0 fully saturated rings. The fraction of sp³-hybridized carbons (Fsp3) is 0.250. The van der Waals surface area contributed by atoms with Gasteiger partial charge < -0.3 is 0 Å². The Morgan fingerprint density at radius 3 is 2.71 bits per heavy atom. The van der Waals surface area contributed by atoms with Crippen LogP contribution in [-0.4, -0.2) is 13.4 Å². The largest absolute Gasteiger partial charge is 0.266 e. The maximum Gasteiger partial charge on any atom is 0.266 e. The highest BCUT2D eigenvalue weighted by atomic mass is 79.9. The molecule has 0 saturated carbocycles. The van der Waals surface area contributed by atoms with E-state index in [1.165, 1.54) is 11.3 Å². The molecule has 9 heteroatoms. The second-order valence-electron chi connectivity index (χ2n) is 4.54. The number of thiazole rings is 1. The van der Waals surface area contributed by atoms with Crippen molar-refractivity contribution >= 4 is 42.4 Å². The first kappa shape index (κ1) is 14.9. The SMILES string of the molecule is O=S(=O)(Nc1nc2c(s1)CCC2)c1cc(F)c(Br)cc1F. The summed E-state index contributed by atoms with van der Waals surface area (Å²) in [6.45, 7) is 0. The van der Waals surface area contributed by atoms with Crippen molar-refractivity contribution in [2.45, 2.75) is 24.2 Å². The third kappa shape index (κ3) is 2.82. The first-order chi connectivity index (χ1) is 9.87. The van der Waals surface area contributed by atoms with Crippen LogP contribution in [0.2, 0.25) is 0 Å². The Morgan fingerprint density at radius 1 is 1.24 bits per heavy atom. The lowest BCUT2D eigenvalue weighted by atomic mass is 10.3. The Bertz CT molecular complexity index is 799. The Kier molecular flexibility index (Phi) is 3.74. The molecule has 0 saturated heterocycles. The van der Waals surface area contributed by atoms with Crippen LogP contribution in [0.5, 0.6) is 0 Å². The molecule has 2 aromatic rings. The molecule has 0 spiro atoms. The van der Waals surface area contributed by atoms with Gasteiger partial charge in [0.05, 0.1) is 10.2 Å². The van der Waals surface area contributed by atoms with E-state index in [2.05, 4.69) is 25.6 Å². The zero-order valence-corrected chi connectivity index (χ0v) is 13.7. The maximum absolute atomic E-state index is 13.8. The molecule has 0 bridgehead atoms. The molecule has 1 aliphatic rings. The lowest BCUT2D eigenvalue weighted by molar-refractivity contribution is 0.552. The van der Waals surface area contributed by atoms with Gasteiger partial charge in [0.2, 0.25) is 0 Å². The molecule has 1 aliphatic carbocycles. The second-order valence-corrected chi connectivity index (χ2v) is 8.13. The number of rotatable bonds is 3. The highest BCUT2D eigenvalue weighted by molar-refractivity contribution is 9.10. The fourth-order valence-corrected chi connectivity index (χ4v) is 4.79. The molecule has 1 N–H and O–H groups in total. The molecule has 4 nitrogen and oxygen atoms in total. The van der Waals surface area contributed by atoms with Gasteiger partial charge in [0.25, 0.3) is 10.0 Å². The number of aromatic nitrogens is 1. The van der Waals surface area contributed by atoms with Crippen molar-refractivity contribution < 1.29 is 17.2 Å². The number of nitrogens with one attached hydrogen (secondary N) is 1. The van der Waals surface area contributed by atoms with Crippen molar-refractivity contribution in [3.8, 4) is 0 Å². The van der Waals surface area contributed by atoms with Gasteiger partial charge in [-0.2, -0.15) is 0 Å². The second kappa shape index (κ2) is 5.29. The highest BCUT2D eigenvalue weighted by Crippen LogP contribution is 2.32. The first-order valence-electron chi connectivity index (χ1n) is 6.03. The van der Waals surface area contributed by atoms with Gasteiger partial charge in [-0.1, -0.05) is 0 Å². The van der Waals surface area contributed by atoms with Crippen molar-refractivity contribution in [2.75, 3.05) is 4.72 Å². The van der Waals surface area contributed by atoms with E-state index in [1.807, 2.05) is 0 Å². The Labute approximate surface area is 132 Å². The van der Waals surface area contributed by atoms with E-state index >= 15 is 0 Å². The van der Waals surface area contributed by atoms with Crippen molar-refractivity contribution in [3.63, 3.8) is 0 Å². The zero-order valence-electron chi connectivity index (χ0n) is 10.5. The van der Waals surface area contributed by atoms with E-state index in [1.54, 1.807) is 0 Å². The van der Waals surface area contributed by atoms with Gasteiger partial charge in [0, 0.05) is 4.88 Å². The number of hydrogen-bond donors (Lipinski definition) is 1. The zero-order chi connectivity index (χ0) is 15.2. The van der Waals surface area contributed by atoms with E-state index in [9.17, 15) is 17.2 Å². The normalized spacial score (nSPS) is 14.2. The molecular weight excluding hydrogens is 386 g/mol. The molecule has 0 unspecified atom stereocenters. The molecular formula is C12H9BrF2N2O2S2. The maximum atomic E-state index is 13.8. The van der Waals surface area contributed by atoms with Crippen LogP contribution in [0.3, 0.4) is 0 Å². The Morgan fingerprint density at radius 2 is 2.00 bits per heavy atom. The third-order valence-corrected chi connectivity index (χ3v) is 6.25. The first-order valence-corrected chi connectivity index (χ1v) is 9.12. The smallest absolute Gasteiger partial charge is 0.255 e. The van der Waals surface area contributed by atoms with Crippen molar-refractivity contribution in [3.05, 3.63) is 38.8 Å². The van der Waals surface area contributed by atoms with Crippen LogP contribution in [-0.2, 0) is 22.9 Å². The van der Waals surface area contributed by atoms with Gasteiger partial charge in [0.1, 0.15) is 16.5 Å². The summed E-state index contributed by atoms with van der Waals surface area (Å²) in [5.41, 5.74) is 0.875. The molecule has 1 heterocycles. The van der Waals surface area contributed by atoms with Crippen LogP contribution in [0.4, 0.5) is 13.9 Å². The Balaban J connectivity index is 1.95. The number of anilines is 1. The van der Waals surface area contributed by atoms with Crippen LogP contribution in [0.15, 0.2) is 21.5 Å². The number of benzene rings is 1. The minimum absolute atomic E-state index is 0.132. The highest BCUT2D eigenvalue weighted by Gasteiger charge is 2.24. The summed E-state index contributed by atoms with van der Waals surface area (Å²) in [5.74, 6) is -1.88. The quantitative estimate of drug-likeness (QED) is 0.810. The van der Waals surface area contributed by atoms with Gasteiger partial charge in [-0.15, -0.1) is 11.3 Å². The van der Waals surface area contributed by atoms with Gasteiger partial charge in [-0.05, 0) is 47.3 Å². The molecule has 0 atom stereocenters. The van der Waals surface area contributed by atoms with Crippen molar-refractivity contribution in [2.24, 2.45) is 0 Å². The molecule has 1 aromatic carbocycles. The number of halogens is 3. The van der Waals surface area contributed by atoms with Crippen molar-refractivity contribution in [1.82, 2.24) is 4.98 Å². The summed E-state index contributed by atoms with van der Waals surface area (Å²) in [6.07, 6.45) is 2.69. The minimum atomic E-state index is -4.21. The predicted octanol–water partition coefficient (Wildman–Crippen LogP) is 3.47. The van der Waals surface area contributed by atoms with E-state index < -0.39 is 26.6 Å². The molecule has 0 amide bonds. The molecule has 21 heavy (non-hydrogen) atoms. The standard InChI is InChI=1S/C12H9BrF2N2O2S2/c13-6-4-8(15)11(5-7(6)14)21(18,19)17-12-16-9-2-1-3-10(9)20-12/h4-5H,1-3H2,(H,16,17). The fourth-order valence-electron chi connectivity index (χ4n) is 2.11. The lowest BCUT2D eigenvalue weighted by Gasteiger charge is -2.07. The van der Waals surface area contributed by atoms with Crippen LogP contribution in [0.1, 0.15) is 17.0 Å². The summed E-state index contributed by atoms with van der Waals surface area (Å²) in [4.78, 5) is 4.47. The number of sulfonamides is 1. The number of fused-ring (bicyclic) bond motifs is 1. The molecule has 0 aliphatic heterocycles. The topological polar surface area (TPSA) is 59.1 Å². The van der Waals surface area contributed by atoms with Gasteiger partial charge in [0.15, 0.2) is 5.13 Å². The van der Waals surface area contributed by atoms with Crippen LogP contribution < -0.4 is 4.72 Å². The summed E-state index contributed by atoms with van der Waals surface area (Å²) >= 11 is 4.03. The van der Waals surface area contributed by atoms with Gasteiger partial charge in [-0.25, -0.2) is 22.2 Å². The van der Waals surface area contributed by atoms with Gasteiger partial charge >= 0.3 is 0 Å². The number of aryl methyl sites for hydroxylation is 2. The lowest BCUT2D eigenvalue weighted by Crippen LogP contribution is -2.15. The summed E-state index contributed by atoms with van der Waals surface area (Å²) in [6, 6.07) is 1.43. The number of hydrogen-bond acceptors (Lipinski definition) is 4. The molecule has 0 radical (unpaired) electrons.